The Hall–Kier alpha value is -1.11. The number of rotatable bonds is 4. The third-order valence-corrected chi connectivity index (χ3v) is 6.25. The number of carbonyl (C=O) groups excluding carboxylic acids is 1. The van der Waals surface area contributed by atoms with Crippen LogP contribution in [0.15, 0.2) is 18.2 Å². The molecule has 1 amide bonds. The highest BCUT2D eigenvalue weighted by molar-refractivity contribution is 7.88. The number of aryl methyl sites for hydroxylation is 1. The van der Waals surface area contributed by atoms with Crippen molar-refractivity contribution in [2.45, 2.75) is 25.8 Å². The molecule has 7 heteroatoms. The summed E-state index contributed by atoms with van der Waals surface area (Å²) in [6.07, 6.45) is 3.47. The topological polar surface area (TPSA) is 66.5 Å². The second kappa shape index (κ2) is 6.07. The highest BCUT2D eigenvalue weighted by Crippen LogP contribution is 2.42. The number of nitrogens with zero attached hydrogens (tertiary/aromatic N) is 1. The lowest BCUT2D eigenvalue weighted by Crippen LogP contribution is -2.41. The molecule has 5 nitrogen and oxygen atoms in total. The van der Waals surface area contributed by atoms with Gasteiger partial charge in [0.05, 0.1) is 6.26 Å². The minimum Gasteiger partial charge on any atom is -0.348 e. The molecule has 1 aliphatic carbocycles. The monoisotopic (exact) mass is 356 g/mol. The Labute approximate surface area is 142 Å². The van der Waals surface area contributed by atoms with Gasteiger partial charge in [-0.05, 0) is 55.4 Å². The largest absolute Gasteiger partial charge is 0.348 e. The first-order chi connectivity index (χ1) is 10.8. The summed E-state index contributed by atoms with van der Waals surface area (Å²) >= 11 is 5.93. The van der Waals surface area contributed by atoms with Crippen LogP contribution in [0.1, 0.15) is 28.8 Å². The van der Waals surface area contributed by atoms with E-state index in [-0.39, 0.29) is 17.9 Å². The summed E-state index contributed by atoms with van der Waals surface area (Å²) in [6, 6.07) is 5.04. The fraction of sp³-hybridized carbons (Fsp3) is 0.562. The third kappa shape index (κ3) is 3.70. The molecule has 2 fully saturated rings. The summed E-state index contributed by atoms with van der Waals surface area (Å²) in [5, 5.41) is 3.64. The summed E-state index contributed by atoms with van der Waals surface area (Å²) < 4.78 is 25.1. The predicted octanol–water partition coefficient (Wildman–Crippen LogP) is 2.05. The second-order valence-electron chi connectivity index (χ2n) is 6.62. The van der Waals surface area contributed by atoms with Crippen molar-refractivity contribution in [1.82, 2.24) is 9.62 Å². The Morgan fingerprint density at radius 2 is 2.00 bits per heavy atom. The summed E-state index contributed by atoms with van der Waals surface area (Å²) in [6.45, 7) is 2.71. The highest BCUT2D eigenvalue weighted by Gasteiger charge is 2.45. The Morgan fingerprint density at radius 3 is 2.57 bits per heavy atom. The standard InChI is InChI=1S/C16H21ClN2O3S/c1-10-7-12(17)5-6-13(10)16(20)18-15-9-19(23(2,21)22)8-14(15)11-3-4-11/h5-7,11,14-15H,3-4,8-9H2,1-2H3,(H,18,20)/t14-,15+/m1/s1. The molecule has 1 saturated heterocycles. The molecule has 2 aliphatic rings. The maximum Gasteiger partial charge on any atom is 0.251 e. The summed E-state index contributed by atoms with van der Waals surface area (Å²) in [5.74, 6) is 0.574. The van der Waals surface area contributed by atoms with E-state index in [9.17, 15) is 13.2 Å². The molecule has 23 heavy (non-hydrogen) atoms. The maximum absolute atomic E-state index is 12.6. The van der Waals surface area contributed by atoms with E-state index >= 15 is 0 Å². The molecule has 0 radical (unpaired) electrons. The van der Waals surface area contributed by atoms with Gasteiger partial charge in [-0.15, -0.1) is 0 Å². The van der Waals surface area contributed by atoms with Crippen LogP contribution in [0.5, 0.6) is 0 Å². The van der Waals surface area contributed by atoms with Gasteiger partial charge in [-0.25, -0.2) is 8.42 Å². The molecule has 1 N–H and O–H groups in total. The lowest BCUT2D eigenvalue weighted by Gasteiger charge is -2.20. The van der Waals surface area contributed by atoms with Crippen molar-refractivity contribution in [1.29, 1.82) is 0 Å². The average Bonchev–Trinajstić information content (AvgIpc) is 3.18. The Bertz CT molecular complexity index is 731. The molecule has 0 unspecified atom stereocenters. The van der Waals surface area contributed by atoms with Gasteiger partial charge in [0.15, 0.2) is 0 Å². The molecule has 0 aromatic heterocycles. The zero-order chi connectivity index (χ0) is 16.8. The van der Waals surface area contributed by atoms with Crippen LogP contribution in [0, 0.1) is 18.8 Å². The van der Waals surface area contributed by atoms with Crippen molar-refractivity contribution in [3.05, 3.63) is 34.3 Å². The normalized spacial score (nSPS) is 25.5. The Balaban J connectivity index is 1.76. The number of nitrogens with one attached hydrogen (secondary N) is 1. The molecular formula is C16H21ClN2O3S. The van der Waals surface area contributed by atoms with Crippen LogP contribution in [0.2, 0.25) is 5.02 Å². The molecule has 1 aliphatic heterocycles. The van der Waals surface area contributed by atoms with Crippen molar-refractivity contribution in [2.24, 2.45) is 11.8 Å². The van der Waals surface area contributed by atoms with Gasteiger partial charge in [0.2, 0.25) is 10.0 Å². The number of carbonyl (C=O) groups is 1. The van der Waals surface area contributed by atoms with Crippen LogP contribution in [-0.2, 0) is 10.0 Å². The van der Waals surface area contributed by atoms with Gasteiger partial charge >= 0.3 is 0 Å². The lowest BCUT2D eigenvalue weighted by molar-refractivity contribution is 0.0928. The predicted molar refractivity (Wildman–Crippen MR) is 90.1 cm³/mol. The van der Waals surface area contributed by atoms with E-state index in [4.69, 9.17) is 11.6 Å². The number of halogens is 1. The van der Waals surface area contributed by atoms with Gasteiger partial charge in [-0.3, -0.25) is 4.79 Å². The van der Waals surface area contributed by atoms with Crippen molar-refractivity contribution in [2.75, 3.05) is 19.3 Å². The minimum atomic E-state index is -3.22. The number of sulfonamides is 1. The third-order valence-electron chi connectivity index (χ3n) is 4.78. The SMILES string of the molecule is Cc1cc(Cl)ccc1C(=O)N[C@H]1CN(S(C)(=O)=O)C[C@@H]1C1CC1. The average molecular weight is 357 g/mol. The first-order valence-electron chi connectivity index (χ1n) is 7.78. The van der Waals surface area contributed by atoms with E-state index in [0.29, 0.717) is 29.6 Å². The van der Waals surface area contributed by atoms with Gasteiger partial charge < -0.3 is 5.32 Å². The van der Waals surface area contributed by atoms with Crippen LogP contribution < -0.4 is 5.32 Å². The number of hydrogen-bond acceptors (Lipinski definition) is 3. The quantitative estimate of drug-likeness (QED) is 0.897. The van der Waals surface area contributed by atoms with Crippen molar-refractivity contribution in [3.63, 3.8) is 0 Å². The van der Waals surface area contributed by atoms with E-state index in [1.807, 2.05) is 6.92 Å². The van der Waals surface area contributed by atoms with Gasteiger partial charge in [0, 0.05) is 29.7 Å². The molecule has 0 spiro atoms. The van der Waals surface area contributed by atoms with Crippen molar-refractivity contribution < 1.29 is 13.2 Å². The lowest BCUT2D eigenvalue weighted by atomic mass is 9.97. The van der Waals surface area contributed by atoms with E-state index in [2.05, 4.69) is 5.32 Å². The minimum absolute atomic E-state index is 0.125. The van der Waals surface area contributed by atoms with E-state index in [0.717, 1.165) is 18.4 Å². The second-order valence-corrected chi connectivity index (χ2v) is 9.04. The van der Waals surface area contributed by atoms with Gasteiger partial charge in [-0.2, -0.15) is 4.31 Å². The highest BCUT2D eigenvalue weighted by atomic mass is 35.5. The number of amides is 1. The fourth-order valence-electron chi connectivity index (χ4n) is 3.35. The molecule has 1 heterocycles. The van der Waals surface area contributed by atoms with Crippen LogP contribution in [-0.4, -0.2) is 44.0 Å². The molecule has 1 aromatic carbocycles. The summed E-state index contributed by atoms with van der Waals surface area (Å²) in [5.41, 5.74) is 1.40. The molecule has 1 saturated carbocycles. The summed E-state index contributed by atoms with van der Waals surface area (Å²) in [4.78, 5) is 12.6. The van der Waals surface area contributed by atoms with Crippen molar-refractivity contribution >= 4 is 27.5 Å². The summed E-state index contributed by atoms with van der Waals surface area (Å²) in [7, 11) is -3.22. The van der Waals surface area contributed by atoms with E-state index in [1.54, 1.807) is 18.2 Å². The fourth-order valence-corrected chi connectivity index (χ4v) is 4.45. The van der Waals surface area contributed by atoms with Gasteiger partial charge in [0.25, 0.3) is 5.91 Å². The van der Waals surface area contributed by atoms with Crippen LogP contribution >= 0.6 is 11.6 Å². The molecule has 1 aromatic rings. The van der Waals surface area contributed by atoms with Gasteiger partial charge in [0.1, 0.15) is 0 Å². The molecule has 3 rings (SSSR count). The number of benzene rings is 1. The molecule has 2 atom stereocenters. The first kappa shape index (κ1) is 16.7. The van der Waals surface area contributed by atoms with E-state index in [1.165, 1.54) is 10.6 Å². The maximum atomic E-state index is 12.6. The van der Waals surface area contributed by atoms with Crippen molar-refractivity contribution in [3.8, 4) is 0 Å². The smallest absolute Gasteiger partial charge is 0.251 e. The van der Waals surface area contributed by atoms with Crippen LogP contribution in [0.4, 0.5) is 0 Å². The first-order valence-corrected chi connectivity index (χ1v) is 10.0. The molecular weight excluding hydrogens is 336 g/mol. The van der Waals surface area contributed by atoms with E-state index < -0.39 is 10.0 Å². The Kier molecular flexibility index (Phi) is 4.42. The van der Waals surface area contributed by atoms with Gasteiger partial charge in [-0.1, -0.05) is 11.6 Å². The molecule has 0 bridgehead atoms. The van der Waals surface area contributed by atoms with Crippen LogP contribution in [0.25, 0.3) is 0 Å². The van der Waals surface area contributed by atoms with Crippen LogP contribution in [0.3, 0.4) is 0 Å². The molecule has 126 valence electrons. The zero-order valence-electron chi connectivity index (χ0n) is 13.3. The Morgan fingerprint density at radius 1 is 1.30 bits per heavy atom. The number of hydrogen-bond donors (Lipinski definition) is 1. The zero-order valence-corrected chi connectivity index (χ0v) is 14.8.